The molecule has 0 aromatic heterocycles. The maximum absolute atomic E-state index is 6.20. The summed E-state index contributed by atoms with van der Waals surface area (Å²) in [7, 11) is 0. The van der Waals surface area contributed by atoms with E-state index >= 15 is 0 Å². The highest BCUT2D eigenvalue weighted by molar-refractivity contribution is 9.11. The third-order valence-electron chi connectivity index (χ3n) is 1.80. The Morgan fingerprint density at radius 1 is 1.27 bits per heavy atom. The molecule has 0 heterocycles. The van der Waals surface area contributed by atoms with Crippen molar-refractivity contribution in [2.75, 3.05) is 5.33 Å². The Labute approximate surface area is 123 Å². The number of rotatable bonds is 5. The Kier molecular flexibility index (Phi) is 7.51. The van der Waals surface area contributed by atoms with Crippen molar-refractivity contribution in [1.82, 2.24) is 0 Å². The highest BCUT2D eigenvalue weighted by Crippen LogP contribution is 2.29. The van der Waals surface area contributed by atoms with Crippen molar-refractivity contribution in [2.45, 2.75) is 29.0 Å². The fourth-order valence-corrected chi connectivity index (χ4v) is 1.98. The molecule has 88 valence electrons. The Bertz CT molecular complexity index is 247. The van der Waals surface area contributed by atoms with Crippen molar-refractivity contribution in [3.63, 3.8) is 0 Å². The van der Waals surface area contributed by atoms with Crippen LogP contribution in [0.3, 0.4) is 0 Å². The number of alkyl halides is 4. The Hall–Kier alpha value is 1.31. The van der Waals surface area contributed by atoms with Gasteiger partial charge in [0.15, 0.2) is 0 Å². The third-order valence-corrected chi connectivity index (χ3v) is 4.89. The zero-order chi connectivity index (χ0) is 12.1. The van der Waals surface area contributed by atoms with E-state index in [1.165, 1.54) is 0 Å². The van der Waals surface area contributed by atoms with Gasteiger partial charge in [-0.3, -0.25) is 0 Å². The highest BCUT2D eigenvalue weighted by Gasteiger charge is 2.26. The summed E-state index contributed by atoms with van der Waals surface area (Å²) in [6.45, 7) is 3.74. The molecule has 0 fully saturated rings. The van der Waals surface area contributed by atoms with Crippen LogP contribution in [0, 0.1) is 0 Å². The van der Waals surface area contributed by atoms with E-state index in [-0.39, 0.29) is 5.38 Å². The molecule has 1 unspecified atom stereocenters. The van der Waals surface area contributed by atoms with Gasteiger partial charge in [-0.2, -0.15) is 0 Å². The van der Waals surface area contributed by atoms with Gasteiger partial charge in [0.2, 0.25) is 0 Å². The molecule has 0 aliphatic rings. The van der Waals surface area contributed by atoms with Crippen LogP contribution in [0.5, 0.6) is 0 Å². The van der Waals surface area contributed by atoms with Gasteiger partial charge in [0.1, 0.15) is 0 Å². The van der Waals surface area contributed by atoms with E-state index in [0.717, 1.165) is 0 Å². The number of allylic oxidation sites excluding steroid dienone is 3. The number of halogens is 5. The fourth-order valence-electron chi connectivity index (χ4n) is 0.733. The van der Waals surface area contributed by atoms with Gasteiger partial charge in [-0.1, -0.05) is 50.1 Å². The maximum atomic E-state index is 6.20. The lowest BCUT2D eigenvalue weighted by Crippen LogP contribution is -2.26. The quantitative estimate of drug-likeness (QED) is 0.426. The summed E-state index contributed by atoms with van der Waals surface area (Å²) in [5, 5.41) is 0.347. The minimum atomic E-state index is -0.624. The van der Waals surface area contributed by atoms with Gasteiger partial charge in [-0.15, -0.1) is 34.8 Å². The Balaban J connectivity index is 4.55. The van der Waals surface area contributed by atoms with Crippen LogP contribution in [0.4, 0.5) is 0 Å². The lowest BCUT2D eigenvalue weighted by molar-refractivity contribution is 0.790. The average molecular weight is 399 g/mol. The second-order valence-electron chi connectivity index (χ2n) is 3.62. The average Bonchev–Trinajstić information content (AvgIpc) is 2.14. The van der Waals surface area contributed by atoms with Gasteiger partial charge in [0.25, 0.3) is 0 Å². The number of hydrogen-bond donors (Lipinski definition) is 0. The van der Waals surface area contributed by atoms with Crippen LogP contribution in [0.25, 0.3) is 0 Å². The first-order chi connectivity index (χ1) is 6.75. The molecule has 0 bridgehead atoms. The third kappa shape index (κ3) is 6.58. The van der Waals surface area contributed by atoms with E-state index in [1.807, 2.05) is 26.0 Å². The minimum Gasteiger partial charge on any atom is -0.116 e. The molecule has 0 aliphatic heterocycles. The highest BCUT2D eigenvalue weighted by atomic mass is 79.9. The van der Waals surface area contributed by atoms with Crippen LogP contribution in [0.15, 0.2) is 23.2 Å². The van der Waals surface area contributed by atoms with Gasteiger partial charge in [0.05, 0.1) is 15.1 Å². The molecule has 5 heteroatoms. The topological polar surface area (TPSA) is 0 Å². The van der Waals surface area contributed by atoms with E-state index < -0.39 is 9.75 Å². The molecule has 0 spiro atoms. The summed E-state index contributed by atoms with van der Waals surface area (Å²) >= 11 is 25.0. The molecule has 0 amide bonds. The van der Waals surface area contributed by atoms with Crippen LogP contribution in [0.2, 0.25) is 0 Å². The largest absolute Gasteiger partial charge is 0.116 e. The first-order valence-corrected chi connectivity index (χ1v) is 7.53. The van der Waals surface area contributed by atoms with Gasteiger partial charge in [-0.25, -0.2) is 0 Å². The number of hydrogen-bond acceptors (Lipinski definition) is 0. The molecule has 0 N–H and O–H groups in total. The fraction of sp³-hybridized carbons (Fsp3) is 0.600. The van der Waals surface area contributed by atoms with Crippen LogP contribution in [0.1, 0.15) is 13.8 Å². The SMILES string of the molecule is CC(Cl)(/C=C/[C@@H](Cl)[C@](C)(Cl)/C=C/Br)CBr. The van der Waals surface area contributed by atoms with E-state index in [4.69, 9.17) is 34.8 Å². The van der Waals surface area contributed by atoms with Crippen molar-refractivity contribution in [3.8, 4) is 0 Å². The predicted molar refractivity (Wildman–Crippen MR) is 79.2 cm³/mol. The molecule has 0 nitrogen and oxygen atoms in total. The molecular weight excluding hydrogens is 386 g/mol. The van der Waals surface area contributed by atoms with Crippen molar-refractivity contribution in [2.24, 2.45) is 0 Å². The van der Waals surface area contributed by atoms with Crippen molar-refractivity contribution >= 4 is 66.7 Å². The van der Waals surface area contributed by atoms with E-state index in [1.54, 1.807) is 11.1 Å². The molecule has 0 saturated heterocycles. The maximum Gasteiger partial charge on any atom is 0.0804 e. The molecule has 0 rings (SSSR count). The van der Waals surface area contributed by atoms with Crippen LogP contribution in [-0.4, -0.2) is 20.5 Å². The molecular formula is C10H13Br2Cl3. The molecule has 0 aliphatic carbocycles. The summed E-state index contributed by atoms with van der Waals surface area (Å²) in [5.41, 5.74) is 0. The predicted octanol–water partition coefficient (Wildman–Crippen LogP) is 5.45. The normalized spacial score (nSPS) is 22.9. The van der Waals surface area contributed by atoms with Crippen LogP contribution >= 0.6 is 66.7 Å². The smallest absolute Gasteiger partial charge is 0.0804 e. The van der Waals surface area contributed by atoms with E-state index in [9.17, 15) is 0 Å². The molecule has 0 aromatic rings. The lowest BCUT2D eigenvalue weighted by atomic mass is 10.0. The Morgan fingerprint density at radius 3 is 2.20 bits per heavy atom. The lowest BCUT2D eigenvalue weighted by Gasteiger charge is -2.22. The van der Waals surface area contributed by atoms with Crippen molar-refractivity contribution in [3.05, 3.63) is 23.2 Å². The van der Waals surface area contributed by atoms with Crippen LogP contribution in [-0.2, 0) is 0 Å². The molecule has 0 aromatic carbocycles. The van der Waals surface area contributed by atoms with Gasteiger partial charge >= 0.3 is 0 Å². The van der Waals surface area contributed by atoms with E-state index in [0.29, 0.717) is 5.33 Å². The van der Waals surface area contributed by atoms with E-state index in [2.05, 4.69) is 31.9 Å². The molecule has 3 atom stereocenters. The molecule has 15 heavy (non-hydrogen) atoms. The Morgan fingerprint density at radius 2 is 1.80 bits per heavy atom. The van der Waals surface area contributed by atoms with Gasteiger partial charge < -0.3 is 0 Å². The molecule has 0 saturated carbocycles. The second-order valence-corrected chi connectivity index (χ2v) is 6.85. The summed E-state index contributed by atoms with van der Waals surface area (Å²) in [6, 6.07) is 0. The van der Waals surface area contributed by atoms with Crippen LogP contribution < -0.4 is 0 Å². The zero-order valence-electron chi connectivity index (χ0n) is 8.48. The summed E-state index contributed by atoms with van der Waals surface area (Å²) in [5.74, 6) is 0. The van der Waals surface area contributed by atoms with Crippen molar-refractivity contribution in [1.29, 1.82) is 0 Å². The van der Waals surface area contributed by atoms with Gasteiger partial charge in [-0.05, 0) is 18.8 Å². The first-order valence-electron chi connectivity index (χ1n) is 4.30. The molecule has 0 radical (unpaired) electrons. The van der Waals surface area contributed by atoms with Crippen molar-refractivity contribution < 1.29 is 0 Å². The summed E-state index contributed by atoms with van der Waals surface area (Å²) < 4.78 is 0. The first kappa shape index (κ1) is 16.3. The minimum absolute atomic E-state index is 0.315. The monoisotopic (exact) mass is 396 g/mol. The second kappa shape index (κ2) is 6.90. The summed E-state index contributed by atoms with van der Waals surface area (Å²) in [4.78, 5) is 0.645. The van der Waals surface area contributed by atoms with Gasteiger partial charge in [0, 0.05) is 5.33 Å². The zero-order valence-corrected chi connectivity index (χ0v) is 13.9. The summed E-state index contributed by atoms with van der Waals surface area (Å²) in [6.07, 6.45) is 5.45. The standard InChI is InChI=1S/C10H13Br2Cl3/c1-9(14,7-12)4-3-8(13)10(2,15)5-6-11/h3-6,8H,7H2,1-2H3/b4-3+,6-5+/t8-,9?,10-/m1/s1.